The van der Waals surface area contributed by atoms with Gasteiger partial charge in [-0.15, -0.1) is 0 Å². The van der Waals surface area contributed by atoms with Crippen LogP contribution in [0.25, 0.3) is 0 Å². The van der Waals surface area contributed by atoms with E-state index >= 15 is 0 Å². The molecular weight excluding hydrogens is 328 g/mol. The number of likely N-dealkylation sites (tertiary alicyclic amines) is 1. The Morgan fingerprint density at radius 2 is 1.88 bits per heavy atom. The predicted octanol–water partition coefficient (Wildman–Crippen LogP) is 3.90. The molecule has 2 aliphatic heterocycles. The SMILES string of the molecule is CN1CC2(CCCN(Cc3cccc(Oc4ccccc4)c3)C2)OC1=O. The van der Waals surface area contributed by atoms with Gasteiger partial charge in [-0.05, 0) is 49.2 Å². The molecule has 1 atom stereocenters. The largest absolute Gasteiger partial charge is 0.457 e. The highest BCUT2D eigenvalue weighted by Gasteiger charge is 2.46. The van der Waals surface area contributed by atoms with Crippen LogP contribution in [0.4, 0.5) is 4.79 Å². The van der Waals surface area contributed by atoms with E-state index in [1.807, 2.05) is 42.5 Å². The monoisotopic (exact) mass is 352 g/mol. The van der Waals surface area contributed by atoms with Crippen LogP contribution in [0.1, 0.15) is 18.4 Å². The quantitative estimate of drug-likeness (QED) is 0.837. The summed E-state index contributed by atoms with van der Waals surface area (Å²) in [6, 6.07) is 18.0. The van der Waals surface area contributed by atoms with E-state index in [4.69, 9.17) is 9.47 Å². The smallest absolute Gasteiger partial charge is 0.410 e. The lowest BCUT2D eigenvalue weighted by Crippen LogP contribution is -2.50. The Morgan fingerprint density at radius 3 is 2.65 bits per heavy atom. The molecule has 0 saturated carbocycles. The summed E-state index contributed by atoms with van der Waals surface area (Å²) in [5.74, 6) is 1.68. The molecule has 5 heteroatoms. The number of hydrogen-bond donors (Lipinski definition) is 0. The summed E-state index contributed by atoms with van der Waals surface area (Å²) in [7, 11) is 1.81. The average Bonchev–Trinajstić information content (AvgIpc) is 2.89. The minimum absolute atomic E-state index is 0.204. The van der Waals surface area contributed by atoms with Gasteiger partial charge in [0.05, 0.1) is 6.54 Å². The molecule has 1 amide bonds. The van der Waals surface area contributed by atoms with E-state index in [-0.39, 0.29) is 11.7 Å². The van der Waals surface area contributed by atoms with Crippen LogP contribution in [0.3, 0.4) is 0 Å². The zero-order valence-electron chi connectivity index (χ0n) is 15.1. The fourth-order valence-corrected chi connectivity index (χ4v) is 3.92. The molecule has 0 aromatic heterocycles. The van der Waals surface area contributed by atoms with Gasteiger partial charge in [0.1, 0.15) is 17.1 Å². The first kappa shape index (κ1) is 16.9. The molecule has 2 aromatic carbocycles. The third-order valence-corrected chi connectivity index (χ3v) is 5.04. The van der Waals surface area contributed by atoms with Crippen molar-refractivity contribution in [2.75, 3.05) is 26.7 Å². The topological polar surface area (TPSA) is 42.0 Å². The van der Waals surface area contributed by atoms with Gasteiger partial charge in [0, 0.05) is 20.1 Å². The lowest BCUT2D eigenvalue weighted by Gasteiger charge is -2.38. The molecule has 2 aliphatic rings. The number of nitrogens with zero attached hydrogens (tertiary/aromatic N) is 2. The van der Waals surface area contributed by atoms with Gasteiger partial charge in [-0.1, -0.05) is 30.3 Å². The van der Waals surface area contributed by atoms with Crippen LogP contribution in [0, 0.1) is 0 Å². The number of carbonyl (C=O) groups excluding carboxylic acids is 1. The van der Waals surface area contributed by atoms with Crippen LogP contribution in [-0.4, -0.2) is 48.2 Å². The highest BCUT2D eigenvalue weighted by molar-refractivity contribution is 5.70. The Morgan fingerprint density at radius 1 is 1.08 bits per heavy atom. The summed E-state index contributed by atoms with van der Waals surface area (Å²) >= 11 is 0. The number of para-hydroxylation sites is 1. The molecule has 1 spiro atoms. The maximum absolute atomic E-state index is 11.8. The Balaban J connectivity index is 1.42. The highest BCUT2D eigenvalue weighted by Crippen LogP contribution is 2.32. The molecule has 26 heavy (non-hydrogen) atoms. The molecule has 2 fully saturated rings. The Labute approximate surface area is 154 Å². The van der Waals surface area contributed by atoms with E-state index in [0.717, 1.165) is 44.0 Å². The number of benzene rings is 2. The second kappa shape index (κ2) is 7.00. The summed E-state index contributed by atoms with van der Waals surface area (Å²) in [6.45, 7) is 3.31. The van der Waals surface area contributed by atoms with Crippen molar-refractivity contribution in [3.63, 3.8) is 0 Å². The number of likely N-dealkylation sites (N-methyl/N-ethyl adjacent to an activating group) is 1. The third-order valence-electron chi connectivity index (χ3n) is 5.04. The number of rotatable bonds is 4. The second-order valence-electron chi connectivity index (χ2n) is 7.28. The van der Waals surface area contributed by atoms with Crippen LogP contribution in [0.15, 0.2) is 54.6 Å². The van der Waals surface area contributed by atoms with Gasteiger partial charge in [-0.3, -0.25) is 4.90 Å². The van der Waals surface area contributed by atoms with Crippen LogP contribution < -0.4 is 4.74 Å². The van der Waals surface area contributed by atoms with Crippen molar-refractivity contribution in [3.05, 3.63) is 60.2 Å². The van der Waals surface area contributed by atoms with Crippen LogP contribution in [0.5, 0.6) is 11.5 Å². The van der Waals surface area contributed by atoms with Gasteiger partial charge >= 0.3 is 6.09 Å². The minimum atomic E-state index is -0.345. The number of piperidine rings is 1. The zero-order chi connectivity index (χ0) is 18.0. The van der Waals surface area contributed by atoms with E-state index in [1.165, 1.54) is 5.56 Å². The summed E-state index contributed by atoms with van der Waals surface area (Å²) in [5, 5.41) is 0. The standard InChI is InChI=1S/C21H24N2O3/c1-22-15-21(26-20(22)24)11-6-12-23(16-21)14-17-7-5-10-19(13-17)25-18-8-3-2-4-9-18/h2-5,7-10,13H,6,11-12,14-16H2,1H3. The molecule has 0 N–H and O–H groups in total. The summed E-state index contributed by atoms with van der Waals surface area (Å²) in [4.78, 5) is 15.9. The molecule has 2 saturated heterocycles. The molecule has 0 radical (unpaired) electrons. The number of carbonyl (C=O) groups is 1. The van der Waals surface area contributed by atoms with E-state index in [9.17, 15) is 4.79 Å². The van der Waals surface area contributed by atoms with Gasteiger partial charge in [0.15, 0.2) is 0 Å². The minimum Gasteiger partial charge on any atom is -0.457 e. The number of ether oxygens (including phenoxy) is 2. The maximum atomic E-state index is 11.8. The lowest BCUT2D eigenvalue weighted by molar-refractivity contribution is -0.0113. The fourth-order valence-electron chi connectivity index (χ4n) is 3.92. The summed E-state index contributed by atoms with van der Waals surface area (Å²) < 4.78 is 11.6. The molecule has 5 nitrogen and oxygen atoms in total. The molecule has 1 unspecified atom stereocenters. The molecule has 2 aromatic rings. The van der Waals surface area contributed by atoms with Gasteiger partial charge in [0.25, 0.3) is 0 Å². The van der Waals surface area contributed by atoms with Crippen molar-refractivity contribution in [3.8, 4) is 11.5 Å². The van der Waals surface area contributed by atoms with Gasteiger partial charge in [0.2, 0.25) is 0 Å². The Bertz CT molecular complexity index is 780. The molecular formula is C21H24N2O3. The van der Waals surface area contributed by atoms with Crippen LogP contribution in [0.2, 0.25) is 0 Å². The fraction of sp³-hybridized carbons (Fsp3) is 0.381. The van der Waals surface area contributed by atoms with Crippen molar-refractivity contribution in [1.82, 2.24) is 9.80 Å². The summed E-state index contributed by atoms with van der Waals surface area (Å²) in [6.07, 6.45) is 1.78. The normalized spacial score (nSPS) is 23.3. The zero-order valence-corrected chi connectivity index (χ0v) is 15.1. The molecule has 0 bridgehead atoms. The second-order valence-corrected chi connectivity index (χ2v) is 7.28. The van der Waals surface area contributed by atoms with Crippen molar-refractivity contribution in [1.29, 1.82) is 0 Å². The predicted molar refractivity (Wildman–Crippen MR) is 99.3 cm³/mol. The molecule has 4 rings (SSSR count). The first-order valence-electron chi connectivity index (χ1n) is 9.10. The van der Waals surface area contributed by atoms with Gasteiger partial charge in [-0.2, -0.15) is 0 Å². The van der Waals surface area contributed by atoms with Crippen molar-refractivity contribution >= 4 is 6.09 Å². The Hall–Kier alpha value is -2.53. The van der Waals surface area contributed by atoms with Crippen molar-refractivity contribution in [2.24, 2.45) is 0 Å². The van der Waals surface area contributed by atoms with Crippen LogP contribution in [-0.2, 0) is 11.3 Å². The van der Waals surface area contributed by atoms with E-state index in [1.54, 1.807) is 11.9 Å². The number of hydrogen-bond acceptors (Lipinski definition) is 4. The maximum Gasteiger partial charge on any atom is 0.410 e. The van der Waals surface area contributed by atoms with E-state index in [2.05, 4.69) is 17.0 Å². The third kappa shape index (κ3) is 3.68. The first-order chi connectivity index (χ1) is 12.6. The van der Waals surface area contributed by atoms with Gasteiger partial charge < -0.3 is 14.4 Å². The molecule has 0 aliphatic carbocycles. The average molecular weight is 352 g/mol. The van der Waals surface area contributed by atoms with Gasteiger partial charge in [-0.25, -0.2) is 4.79 Å². The first-order valence-corrected chi connectivity index (χ1v) is 9.10. The number of amides is 1. The van der Waals surface area contributed by atoms with Crippen molar-refractivity contribution in [2.45, 2.75) is 25.0 Å². The lowest BCUT2D eigenvalue weighted by atomic mass is 9.92. The van der Waals surface area contributed by atoms with Crippen molar-refractivity contribution < 1.29 is 14.3 Å². The van der Waals surface area contributed by atoms with E-state index in [0.29, 0.717) is 6.54 Å². The van der Waals surface area contributed by atoms with E-state index < -0.39 is 0 Å². The van der Waals surface area contributed by atoms with Crippen LogP contribution >= 0.6 is 0 Å². The molecule has 136 valence electrons. The Kier molecular flexibility index (Phi) is 4.55. The summed E-state index contributed by atoms with van der Waals surface area (Å²) in [5.41, 5.74) is 0.857. The highest BCUT2D eigenvalue weighted by atomic mass is 16.6. The molecule has 2 heterocycles.